The summed E-state index contributed by atoms with van der Waals surface area (Å²) in [6, 6.07) is 31.1. The minimum absolute atomic E-state index is 0.0313. The number of carbonyl (C=O) groups is 2. The van der Waals surface area contributed by atoms with Crippen molar-refractivity contribution < 1.29 is 18.0 Å². The number of aryl methyl sites for hydroxylation is 1. The molecule has 240 valence electrons. The zero-order valence-corrected chi connectivity index (χ0v) is 27.6. The summed E-state index contributed by atoms with van der Waals surface area (Å²) in [6.07, 6.45) is 5.30. The van der Waals surface area contributed by atoms with Gasteiger partial charge in [0.05, 0.1) is 15.6 Å². The highest BCUT2D eigenvalue weighted by molar-refractivity contribution is 7.92. The number of nitrogens with one attached hydrogen (secondary N) is 1. The van der Waals surface area contributed by atoms with E-state index in [0.717, 1.165) is 53.1 Å². The summed E-state index contributed by atoms with van der Waals surface area (Å²) in [7, 11) is -4.21. The second-order valence-electron chi connectivity index (χ2n) is 11.8. The van der Waals surface area contributed by atoms with E-state index in [1.807, 2.05) is 61.5 Å². The zero-order valence-electron chi connectivity index (χ0n) is 26.0. The average molecular weight is 658 g/mol. The van der Waals surface area contributed by atoms with Crippen molar-refractivity contribution in [1.29, 1.82) is 0 Å². The SMILES string of the molecule is Cc1cccc(CN(C(=O)CN(c2ccccc2Cl)S(=O)(=O)c2ccccc2)[C@@H](Cc2ccccc2)C(=O)NC2CCCCC2)c1. The molecule has 0 aliphatic heterocycles. The lowest BCUT2D eigenvalue weighted by molar-refractivity contribution is -0.140. The summed E-state index contributed by atoms with van der Waals surface area (Å²) in [4.78, 5) is 30.4. The van der Waals surface area contributed by atoms with Gasteiger partial charge in [0.1, 0.15) is 12.6 Å². The lowest BCUT2D eigenvalue weighted by Gasteiger charge is -2.35. The fourth-order valence-corrected chi connectivity index (χ4v) is 7.73. The molecule has 1 fully saturated rings. The van der Waals surface area contributed by atoms with Gasteiger partial charge in [0.15, 0.2) is 0 Å². The molecule has 0 spiro atoms. The highest BCUT2D eigenvalue weighted by Crippen LogP contribution is 2.31. The van der Waals surface area contributed by atoms with Crippen LogP contribution in [0.25, 0.3) is 0 Å². The summed E-state index contributed by atoms with van der Waals surface area (Å²) >= 11 is 6.56. The Bertz CT molecular complexity index is 1730. The average Bonchev–Trinajstić information content (AvgIpc) is 3.07. The number of carbonyl (C=O) groups excluding carboxylic acids is 2. The van der Waals surface area contributed by atoms with Gasteiger partial charge in [-0.15, -0.1) is 0 Å². The molecule has 1 aliphatic carbocycles. The minimum Gasteiger partial charge on any atom is -0.352 e. The van der Waals surface area contributed by atoms with Gasteiger partial charge in [-0.05, 0) is 55.2 Å². The standard InChI is InChI=1S/C37H40ClN3O4S/c1-28-14-13-17-30(24-28)26-40(35(25-29-15-5-2-6-16-29)37(43)39-31-18-7-3-8-19-31)36(42)27-41(34-23-12-11-22-33(34)38)46(44,45)32-20-9-4-10-21-32/h2,4-6,9-17,20-24,31,35H,3,7-8,18-19,25-27H2,1H3,(H,39,43)/t35-/m0/s1. The number of hydrogen-bond donors (Lipinski definition) is 1. The molecule has 2 amide bonds. The Morgan fingerprint density at radius 3 is 2.13 bits per heavy atom. The third-order valence-corrected chi connectivity index (χ3v) is 10.5. The molecule has 5 rings (SSSR count). The highest BCUT2D eigenvalue weighted by Gasteiger charge is 2.36. The maximum absolute atomic E-state index is 14.6. The van der Waals surface area contributed by atoms with Gasteiger partial charge in [0.2, 0.25) is 11.8 Å². The summed E-state index contributed by atoms with van der Waals surface area (Å²) in [5, 5.41) is 3.43. The first-order chi connectivity index (χ1) is 22.2. The maximum atomic E-state index is 14.6. The fourth-order valence-electron chi connectivity index (χ4n) is 5.99. The molecule has 46 heavy (non-hydrogen) atoms. The van der Waals surface area contributed by atoms with Crippen molar-refractivity contribution in [3.05, 3.63) is 131 Å². The largest absolute Gasteiger partial charge is 0.352 e. The molecule has 1 atom stereocenters. The number of nitrogens with zero attached hydrogens (tertiary/aromatic N) is 2. The number of anilines is 1. The van der Waals surface area contributed by atoms with Gasteiger partial charge in [-0.2, -0.15) is 0 Å². The van der Waals surface area contributed by atoms with Crippen LogP contribution in [0.2, 0.25) is 5.02 Å². The van der Waals surface area contributed by atoms with E-state index in [-0.39, 0.29) is 40.5 Å². The van der Waals surface area contributed by atoms with Crippen LogP contribution in [-0.4, -0.2) is 43.8 Å². The van der Waals surface area contributed by atoms with Crippen LogP contribution in [0.15, 0.2) is 114 Å². The molecule has 1 N–H and O–H groups in total. The number of rotatable bonds is 12. The molecule has 1 aliphatic rings. The van der Waals surface area contributed by atoms with E-state index in [1.165, 1.54) is 17.0 Å². The first-order valence-corrected chi connectivity index (χ1v) is 17.6. The monoisotopic (exact) mass is 657 g/mol. The number of halogens is 1. The molecular weight excluding hydrogens is 618 g/mol. The van der Waals surface area contributed by atoms with Crippen LogP contribution in [0.4, 0.5) is 5.69 Å². The molecule has 0 aromatic heterocycles. The van der Waals surface area contributed by atoms with Crippen molar-refractivity contribution in [1.82, 2.24) is 10.2 Å². The van der Waals surface area contributed by atoms with Crippen LogP contribution in [-0.2, 0) is 32.6 Å². The summed E-state index contributed by atoms with van der Waals surface area (Å²) in [6.45, 7) is 1.55. The van der Waals surface area contributed by atoms with E-state index in [1.54, 1.807) is 42.5 Å². The second kappa shape index (κ2) is 15.4. The summed E-state index contributed by atoms with van der Waals surface area (Å²) in [5.74, 6) is -0.757. The van der Waals surface area contributed by atoms with Crippen molar-refractivity contribution in [3.63, 3.8) is 0 Å². The van der Waals surface area contributed by atoms with E-state index in [4.69, 9.17) is 11.6 Å². The summed E-state index contributed by atoms with van der Waals surface area (Å²) in [5.41, 5.74) is 2.93. The van der Waals surface area contributed by atoms with E-state index in [0.29, 0.717) is 0 Å². The Kier molecular flexibility index (Phi) is 11.1. The van der Waals surface area contributed by atoms with E-state index in [9.17, 15) is 18.0 Å². The molecule has 0 heterocycles. The molecule has 4 aromatic carbocycles. The number of benzene rings is 4. The Morgan fingerprint density at radius 2 is 1.46 bits per heavy atom. The molecule has 4 aromatic rings. The van der Waals surface area contributed by atoms with Gasteiger partial charge in [0.25, 0.3) is 10.0 Å². The Labute approximate surface area is 277 Å². The van der Waals surface area contributed by atoms with Crippen LogP contribution in [0, 0.1) is 6.92 Å². The Morgan fingerprint density at radius 1 is 0.826 bits per heavy atom. The number of para-hydroxylation sites is 1. The van der Waals surface area contributed by atoms with E-state index < -0.39 is 28.5 Å². The molecule has 1 saturated carbocycles. The van der Waals surface area contributed by atoms with E-state index in [2.05, 4.69) is 5.32 Å². The predicted octanol–water partition coefficient (Wildman–Crippen LogP) is 6.93. The zero-order chi connectivity index (χ0) is 32.5. The van der Waals surface area contributed by atoms with Gasteiger partial charge in [-0.3, -0.25) is 13.9 Å². The predicted molar refractivity (Wildman–Crippen MR) is 183 cm³/mol. The first-order valence-electron chi connectivity index (χ1n) is 15.7. The summed E-state index contributed by atoms with van der Waals surface area (Å²) < 4.78 is 29.3. The van der Waals surface area contributed by atoms with Crippen LogP contribution >= 0.6 is 11.6 Å². The van der Waals surface area contributed by atoms with Gasteiger partial charge < -0.3 is 10.2 Å². The Balaban J connectivity index is 1.56. The molecule has 0 saturated heterocycles. The Hall–Kier alpha value is -4.14. The van der Waals surface area contributed by atoms with Gasteiger partial charge in [0, 0.05) is 19.0 Å². The van der Waals surface area contributed by atoms with Gasteiger partial charge in [-0.1, -0.05) is 121 Å². The minimum atomic E-state index is -4.21. The third kappa shape index (κ3) is 8.36. The molecule has 7 nitrogen and oxygen atoms in total. The van der Waals surface area contributed by atoms with Crippen molar-refractivity contribution in [2.45, 2.75) is 69.0 Å². The molecule has 9 heteroatoms. The van der Waals surface area contributed by atoms with Crippen molar-refractivity contribution in [2.24, 2.45) is 0 Å². The number of sulfonamides is 1. The fraction of sp³-hybridized carbons (Fsp3) is 0.297. The third-order valence-electron chi connectivity index (χ3n) is 8.39. The first kappa shape index (κ1) is 33.2. The van der Waals surface area contributed by atoms with Crippen LogP contribution in [0.3, 0.4) is 0 Å². The maximum Gasteiger partial charge on any atom is 0.264 e. The quantitative estimate of drug-likeness (QED) is 0.179. The highest BCUT2D eigenvalue weighted by atomic mass is 35.5. The topological polar surface area (TPSA) is 86.8 Å². The van der Waals surface area contributed by atoms with Gasteiger partial charge >= 0.3 is 0 Å². The molecule has 0 radical (unpaired) electrons. The van der Waals surface area contributed by atoms with E-state index >= 15 is 0 Å². The second-order valence-corrected chi connectivity index (χ2v) is 14.1. The number of hydrogen-bond acceptors (Lipinski definition) is 4. The van der Waals surface area contributed by atoms with Gasteiger partial charge in [-0.25, -0.2) is 8.42 Å². The van der Waals surface area contributed by atoms with Crippen molar-refractivity contribution in [3.8, 4) is 0 Å². The molecule has 0 bridgehead atoms. The van der Waals surface area contributed by atoms with Crippen molar-refractivity contribution >= 4 is 39.1 Å². The van der Waals surface area contributed by atoms with Crippen molar-refractivity contribution in [2.75, 3.05) is 10.8 Å². The number of amides is 2. The lowest BCUT2D eigenvalue weighted by Crippen LogP contribution is -2.55. The van der Waals surface area contributed by atoms with Crippen LogP contribution in [0.5, 0.6) is 0 Å². The lowest BCUT2D eigenvalue weighted by atomic mass is 9.94. The molecular formula is C37H40ClN3O4S. The smallest absolute Gasteiger partial charge is 0.264 e. The molecule has 0 unspecified atom stereocenters. The van der Waals surface area contributed by atoms with Crippen LogP contribution in [0.1, 0.15) is 48.8 Å². The van der Waals surface area contributed by atoms with Crippen LogP contribution < -0.4 is 9.62 Å². The normalized spacial score (nSPS) is 14.3.